The predicted molar refractivity (Wildman–Crippen MR) is 96.4 cm³/mol. The molecule has 24 heavy (non-hydrogen) atoms. The van der Waals surface area contributed by atoms with E-state index in [4.69, 9.17) is 16.3 Å². The number of ether oxygens (including phenoxy) is 1. The monoisotopic (exact) mass is 353 g/mol. The molecule has 4 nitrogen and oxygen atoms in total. The maximum atomic E-state index is 12.3. The molecule has 0 aromatic heterocycles. The van der Waals surface area contributed by atoms with E-state index in [2.05, 4.69) is 6.92 Å². The quantitative estimate of drug-likeness (QED) is 0.884. The minimum Gasteiger partial charge on any atom is -0.444 e. The molecule has 0 radical (unpaired) electrons. The van der Waals surface area contributed by atoms with E-state index in [1.165, 1.54) is 5.56 Å². The number of rotatable bonds is 3. The third-order valence-electron chi connectivity index (χ3n) is 4.94. The molecular formula is C19H28ClNO3. The molecule has 134 valence electrons. The summed E-state index contributed by atoms with van der Waals surface area (Å²) in [5.41, 5.74) is 0.551. The molecule has 1 aromatic carbocycles. The van der Waals surface area contributed by atoms with Gasteiger partial charge in [-0.3, -0.25) is 0 Å². The largest absolute Gasteiger partial charge is 0.444 e. The number of hydrogen-bond donors (Lipinski definition) is 1. The van der Waals surface area contributed by atoms with E-state index in [9.17, 15) is 9.90 Å². The molecule has 5 heteroatoms. The molecule has 1 heterocycles. The van der Waals surface area contributed by atoms with Gasteiger partial charge in [0.05, 0.1) is 0 Å². The third-order valence-corrected chi connectivity index (χ3v) is 5.20. The number of nitrogens with zero attached hydrogens (tertiary/aromatic N) is 1. The standard InChI is InChI=1S/C19H28ClNO3/c1-14(13-22)19(15-5-7-16(20)8-6-15)9-11-21(12-10-19)17(23)24-18(2,3)4/h5-8,14,22H,9-13H2,1-4H3. The van der Waals surface area contributed by atoms with Crippen molar-refractivity contribution in [3.63, 3.8) is 0 Å². The minimum absolute atomic E-state index is 0.111. The summed E-state index contributed by atoms with van der Waals surface area (Å²) < 4.78 is 5.47. The van der Waals surface area contributed by atoms with E-state index in [0.29, 0.717) is 18.1 Å². The highest BCUT2D eigenvalue weighted by atomic mass is 35.5. The summed E-state index contributed by atoms with van der Waals surface area (Å²) in [6.07, 6.45) is 1.34. The smallest absolute Gasteiger partial charge is 0.410 e. The van der Waals surface area contributed by atoms with Crippen molar-refractivity contribution in [2.24, 2.45) is 5.92 Å². The summed E-state index contributed by atoms with van der Waals surface area (Å²) in [7, 11) is 0. The van der Waals surface area contributed by atoms with Gasteiger partial charge < -0.3 is 14.7 Å². The molecule has 0 aliphatic carbocycles. The fourth-order valence-corrected chi connectivity index (χ4v) is 3.56. The second-order valence-corrected chi connectivity index (χ2v) is 8.15. The van der Waals surface area contributed by atoms with Gasteiger partial charge in [-0.1, -0.05) is 30.7 Å². The van der Waals surface area contributed by atoms with Gasteiger partial charge in [0, 0.05) is 30.1 Å². The third kappa shape index (κ3) is 4.22. The molecule has 1 amide bonds. The van der Waals surface area contributed by atoms with Crippen LogP contribution in [0.5, 0.6) is 0 Å². The van der Waals surface area contributed by atoms with Gasteiger partial charge in [0.1, 0.15) is 5.60 Å². The molecule has 1 atom stereocenters. The maximum absolute atomic E-state index is 12.3. The van der Waals surface area contributed by atoms with Crippen LogP contribution in [0.15, 0.2) is 24.3 Å². The van der Waals surface area contributed by atoms with E-state index >= 15 is 0 Å². The highest BCUT2D eigenvalue weighted by Gasteiger charge is 2.42. The second-order valence-electron chi connectivity index (χ2n) is 7.71. The molecule has 1 aromatic rings. The van der Waals surface area contributed by atoms with Gasteiger partial charge in [-0.15, -0.1) is 0 Å². The molecular weight excluding hydrogens is 326 g/mol. The van der Waals surface area contributed by atoms with Crippen LogP contribution in [0, 0.1) is 5.92 Å². The first kappa shape index (κ1) is 19.1. The first-order chi connectivity index (χ1) is 11.2. The Morgan fingerprint density at radius 2 is 1.83 bits per heavy atom. The molecule has 1 aliphatic heterocycles. The van der Waals surface area contributed by atoms with Crippen molar-refractivity contribution in [2.75, 3.05) is 19.7 Å². The number of amides is 1. The Kier molecular flexibility index (Phi) is 5.82. The average molecular weight is 354 g/mol. The lowest BCUT2D eigenvalue weighted by atomic mass is 9.65. The normalized spacial score (nSPS) is 19.0. The minimum atomic E-state index is -0.486. The van der Waals surface area contributed by atoms with Crippen LogP contribution in [0.1, 0.15) is 46.1 Å². The number of benzene rings is 1. The lowest BCUT2D eigenvalue weighted by Gasteiger charge is -2.45. The van der Waals surface area contributed by atoms with E-state index in [1.807, 2.05) is 45.0 Å². The lowest BCUT2D eigenvalue weighted by Crippen LogP contribution is -2.49. The lowest BCUT2D eigenvalue weighted by molar-refractivity contribution is 0.0104. The number of halogens is 1. The van der Waals surface area contributed by atoms with Crippen molar-refractivity contribution in [3.05, 3.63) is 34.9 Å². The summed E-state index contributed by atoms with van der Waals surface area (Å²) in [6, 6.07) is 7.86. The van der Waals surface area contributed by atoms with Crippen LogP contribution in [-0.2, 0) is 10.2 Å². The zero-order valence-corrected chi connectivity index (χ0v) is 15.8. The van der Waals surface area contributed by atoms with Gasteiger partial charge in [0.25, 0.3) is 0 Å². The first-order valence-corrected chi connectivity index (χ1v) is 8.90. The van der Waals surface area contributed by atoms with Crippen LogP contribution in [0.2, 0.25) is 5.02 Å². The van der Waals surface area contributed by atoms with Crippen LogP contribution >= 0.6 is 11.6 Å². The van der Waals surface area contributed by atoms with Crippen LogP contribution in [0.25, 0.3) is 0 Å². The van der Waals surface area contributed by atoms with Crippen molar-refractivity contribution in [3.8, 4) is 0 Å². The Hall–Kier alpha value is -1.26. The SMILES string of the molecule is CC(CO)C1(c2ccc(Cl)cc2)CCN(C(=O)OC(C)(C)C)CC1. The second kappa shape index (κ2) is 7.32. The van der Waals surface area contributed by atoms with Crippen molar-refractivity contribution >= 4 is 17.7 Å². The van der Waals surface area contributed by atoms with Gasteiger partial charge in [-0.25, -0.2) is 4.79 Å². The molecule has 0 spiro atoms. The van der Waals surface area contributed by atoms with E-state index in [-0.39, 0.29) is 24.0 Å². The van der Waals surface area contributed by atoms with E-state index < -0.39 is 5.60 Å². The van der Waals surface area contributed by atoms with Crippen LogP contribution in [0.4, 0.5) is 4.79 Å². The van der Waals surface area contributed by atoms with Crippen molar-refractivity contribution < 1.29 is 14.6 Å². The average Bonchev–Trinajstić information content (AvgIpc) is 2.53. The molecule has 1 unspecified atom stereocenters. The molecule has 0 saturated carbocycles. The van der Waals surface area contributed by atoms with Gasteiger partial charge in [-0.2, -0.15) is 0 Å². The molecule has 0 bridgehead atoms. The Balaban J connectivity index is 2.16. The van der Waals surface area contributed by atoms with Gasteiger partial charge in [0.2, 0.25) is 0 Å². The van der Waals surface area contributed by atoms with Gasteiger partial charge >= 0.3 is 6.09 Å². The van der Waals surface area contributed by atoms with Crippen molar-refractivity contribution in [1.82, 2.24) is 4.90 Å². The van der Waals surface area contributed by atoms with Crippen molar-refractivity contribution in [2.45, 2.75) is 51.6 Å². The number of carbonyl (C=O) groups excluding carboxylic acids is 1. The fourth-order valence-electron chi connectivity index (χ4n) is 3.44. The number of hydrogen-bond acceptors (Lipinski definition) is 3. The Bertz CT molecular complexity index is 557. The zero-order chi connectivity index (χ0) is 18.0. The Labute approximate surface area is 149 Å². The fraction of sp³-hybridized carbons (Fsp3) is 0.632. The molecule has 1 fully saturated rings. The molecule has 1 saturated heterocycles. The summed E-state index contributed by atoms with van der Waals surface area (Å²) in [5, 5.41) is 10.5. The molecule has 1 N–H and O–H groups in total. The van der Waals surface area contributed by atoms with Crippen molar-refractivity contribution in [1.29, 1.82) is 0 Å². The highest BCUT2D eigenvalue weighted by molar-refractivity contribution is 6.30. The number of piperidine rings is 1. The van der Waals surface area contributed by atoms with Crippen LogP contribution in [-0.4, -0.2) is 41.4 Å². The molecule has 2 rings (SSSR count). The summed E-state index contributed by atoms with van der Waals surface area (Å²) in [5.74, 6) is 0.111. The summed E-state index contributed by atoms with van der Waals surface area (Å²) >= 11 is 6.02. The van der Waals surface area contributed by atoms with Crippen LogP contribution in [0.3, 0.4) is 0 Å². The number of aliphatic hydroxyl groups is 1. The highest BCUT2D eigenvalue weighted by Crippen LogP contribution is 2.42. The Morgan fingerprint density at radius 1 is 1.29 bits per heavy atom. The zero-order valence-electron chi connectivity index (χ0n) is 15.0. The maximum Gasteiger partial charge on any atom is 0.410 e. The number of carbonyl (C=O) groups is 1. The van der Waals surface area contributed by atoms with Crippen LogP contribution < -0.4 is 0 Å². The Morgan fingerprint density at radius 3 is 2.29 bits per heavy atom. The van der Waals surface area contributed by atoms with Gasteiger partial charge in [0.15, 0.2) is 0 Å². The number of likely N-dealkylation sites (tertiary alicyclic amines) is 1. The first-order valence-electron chi connectivity index (χ1n) is 8.53. The van der Waals surface area contributed by atoms with E-state index in [1.54, 1.807) is 4.90 Å². The molecule has 1 aliphatic rings. The predicted octanol–water partition coefficient (Wildman–Crippen LogP) is 4.24. The number of aliphatic hydroxyl groups excluding tert-OH is 1. The van der Waals surface area contributed by atoms with E-state index in [0.717, 1.165) is 12.8 Å². The summed E-state index contributed by atoms with van der Waals surface area (Å²) in [4.78, 5) is 14.0. The van der Waals surface area contributed by atoms with Gasteiger partial charge in [-0.05, 0) is 57.2 Å². The summed E-state index contributed by atoms with van der Waals surface area (Å²) in [6.45, 7) is 9.07. The topological polar surface area (TPSA) is 49.8 Å².